The van der Waals surface area contributed by atoms with E-state index in [4.69, 9.17) is 16.3 Å². The van der Waals surface area contributed by atoms with Crippen LogP contribution in [0.1, 0.15) is 39.3 Å². The number of aliphatic hydroxyl groups excluding tert-OH is 1. The molecule has 0 bridgehead atoms. The predicted molar refractivity (Wildman–Crippen MR) is 112 cm³/mol. The zero-order valence-corrected chi connectivity index (χ0v) is 17.4. The van der Waals surface area contributed by atoms with E-state index in [1.165, 1.54) is 12.1 Å². The maximum absolute atomic E-state index is 12.8. The van der Waals surface area contributed by atoms with Crippen LogP contribution in [-0.4, -0.2) is 47.4 Å². The monoisotopic (exact) mass is 433 g/mol. The van der Waals surface area contributed by atoms with Crippen LogP contribution in [0.5, 0.6) is 0 Å². The van der Waals surface area contributed by atoms with Gasteiger partial charge < -0.3 is 25.0 Å². The van der Waals surface area contributed by atoms with Crippen LogP contribution in [0.2, 0.25) is 5.02 Å². The molecule has 160 valence electrons. The van der Waals surface area contributed by atoms with E-state index in [2.05, 4.69) is 10.6 Å². The minimum absolute atomic E-state index is 0.0789. The van der Waals surface area contributed by atoms with Crippen LogP contribution >= 0.6 is 11.6 Å². The summed E-state index contributed by atoms with van der Waals surface area (Å²) in [6, 6.07) is 9.70. The number of halogens is 1. The zero-order valence-electron chi connectivity index (χ0n) is 16.6. The van der Waals surface area contributed by atoms with Gasteiger partial charge in [0.15, 0.2) is 0 Å². The van der Waals surface area contributed by atoms with Gasteiger partial charge in [-0.05, 0) is 42.7 Å². The first-order chi connectivity index (χ1) is 14.4. The summed E-state index contributed by atoms with van der Waals surface area (Å²) in [5.41, 5.74) is -0.177. The molecular formula is C21H24ClN3O5. The number of hydrogen-bond donors (Lipinski definition) is 3. The maximum Gasteiger partial charge on any atom is 0.268 e. The number of ether oxygens (including phenoxy) is 1. The smallest absolute Gasteiger partial charge is 0.268 e. The van der Waals surface area contributed by atoms with E-state index in [0.717, 1.165) is 23.0 Å². The second-order valence-corrected chi connectivity index (χ2v) is 7.63. The van der Waals surface area contributed by atoms with Gasteiger partial charge in [-0.2, -0.15) is 0 Å². The number of methoxy groups -OCH3 is 1. The Morgan fingerprint density at radius 3 is 2.43 bits per heavy atom. The highest BCUT2D eigenvalue weighted by Crippen LogP contribution is 2.37. The lowest BCUT2D eigenvalue weighted by Crippen LogP contribution is -2.40. The molecule has 2 amide bonds. The Morgan fingerprint density at radius 2 is 1.83 bits per heavy atom. The summed E-state index contributed by atoms with van der Waals surface area (Å²) in [4.78, 5) is 37.9. The third-order valence-electron chi connectivity index (χ3n) is 5.15. The van der Waals surface area contributed by atoms with Crippen molar-refractivity contribution in [2.75, 3.05) is 20.3 Å². The normalized spacial score (nSPS) is 14.2. The predicted octanol–water partition coefficient (Wildman–Crippen LogP) is 1.33. The van der Waals surface area contributed by atoms with Crippen LogP contribution in [0, 0.1) is 0 Å². The number of benzene rings is 1. The van der Waals surface area contributed by atoms with Crippen LogP contribution in [0.4, 0.5) is 0 Å². The molecule has 0 unspecified atom stereocenters. The third-order valence-corrected chi connectivity index (χ3v) is 5.41. The number of pyridine rings is 1. The molecule has 0 aliphatic heterocycles. The quantitative estimate of drug-likeness (QED) is 0.552. The van der Waals surface area contributed by atoms with Crippen molar-refractivity contribution in [2.24, 2.45) is 0 Å². The van der Waals surface area contributed by atoms with E-state index in [-0.39, 0.29) is 36.6 Å². The largest absolute Gasteiger partial charge is 0.395 e. The van der Waals surface area contributed by atoms with E-state index in [9.17, 15) is 19.5 Å². The van der Waals surface area contributed by atoms with E-state index in [0.29, 0.717) is 11.6 Å². The second-order valence-electron chi connectivity index (χ2n) is 7.19. The summed E-state index contributed by atoms with van der Waals surface area (Å²) < 4.78 is 6.48. The second kappa shape index (κ2) is 9.42. The van der Waals surface area contributed by atoms with Gasteiger partial charge in [-0.15, -0.1) is 0 Å². The Hall–Kier alpha value is -2.68. The molecule has 0 saturated heterocycles. The molecule has 9 heteroatoms. The third kappa shape index (κ3) is 5.08. The molecule has 1 aliphatic rings. The number of hydrogen-bond acceptors (Lipinski definition) is 5. The van der Waals surface area contributed by atoms with Gasteiger partial charge in [0.2, 0.25) is 0 Å². The van der Waals surface area contributed by atoms with E-state index in [1.54, 1.807) is 31.4 Å². The lowest BCUT2D eigenvalue weighted by atomic mass is 10.2. The van der Waals surface area contributed by atoms with E-state index in [1.807, 2.05) is 0 Å². The van der Waals surface area contributed by atoms with Crippen molar-refractivity contribution < 1.29 is 19.4 Å². The molecule has 8 nitrogen and oxygen atoms in total. The van der Waals surface area contributed by atoms with Gasteiger partial charge in [-0.1, -0.05) is 23.7 Å². The lowest BCUT2D eigenvalue weighted by molar-refractivity contribution is 0.0705. The van der Waals surface area contributed by atoms with Crippen molar-refractivity contribution in [3.8, 4) is 0 Å². The molecule has 1 aromatic heterocycles. The van der Waals surface area contributed by atoms with Crippen LogP contribution in [0.15, 0.2) is 41.2 Å². The fourth-order valence-corrected chi connectivity index (χ4v) is 3.20. The Labute approximate surface area is 178 Å². The molecule has 1 fully saturated rings. The number of amides is 2. The van der Waals surface area contributed by atoms with Crippen molar-refractivity contribution in [3.05, 3.63) is 68.6 Å². The minimum Gasteiger partial charge on any atom is -0.395 e. The van der Waals surface area contributed by atoms with Gasteiger partial charge in [0.05, 0.1) is 12.2 Å². The van der Waals surface area contributed by atoms with Gasteiger partial charge in [0.25, 0.3) is 17.4 Å². The topological polar surface area (TPSA) is 110 Å². The van der Waals surface area contributed by atoms with Crippen LogP contribution in [0.3, 0.4) is 0 Å². The Balaban J connectivity index is 1.74. The summed E-state index contributed by atoms with van der Waals surface area (Å²) in [6.07, 6.45) is 1.72. The number of aromatic nitrogens is 1. The average molecular weight is 434 g/mol. The minimum atomic E-state index is -0.641. The first kappa shape index (κ1) is 22.0. The van der Waals surface area contributed by atoms with Gasteiger partial charge in [0, 0.05) is 31.8 Å². The fourth-order valence-electron chi connectivity index (χ4n) is 3.08. The van der Waals surface area contributed by atoms with E-state index >= 15 is 0 Å². The molecule has 0 radical (unpaired) electrons. The summed E-state index contributed by atoms with van der Waals surface area (Å²) in [5.74, 6) is -1.03. The van der Waals surface area contributed by atoms with Crippen molar-refractivity contribution >= 4 is 23.4 Å². The number of rotatable bonds is 9. The molecule has 3 N–H and O–H groups in total. The molecule has 1 heterocycles. The highest BCUT2D eigenvalue weighted by molar-refractivity contribution is 6.30. The summed E-state index contributed by atoms with van der Waals surface area (Å²) in [6.45, 7) is 0.100. The summed E-state index contributed by atoms with van der Waals surface area (Å²) >= 11 is 5.85. The SMILES string of the molecule is COC1(CNC(=O)c2ccc(C(=O)NCc3ccc(Cl)cc3)c(=O)n2CCO)CC1. The molecule has 0 atom stereocenters. The highest BCUT2D eigenvalue weighted by Gasteiger charge is 2.43. The fraction of sp³-hybridized carbons (Fsp3) is 0.381. The zero-order chi connectivity index (χ0) is 21.7. The maximum atomic E-state index is 12.8. The first-order valence-corrected chi connectivity index (χ1v) is 9.97. The van der Waals surface area contributed by atoms with Crippen LogP contribution in [0.25, 0.3) is 0 Å². The molecule has 1 aromatic carbocycles. The summed E-state index contributed by atoms with van der Waals surface area (Å²) in [7, 11) is 1.60. The van der Waals surface area contributed by atoms with E-state index < -0.39 is 17.4 Å². The van der Waals surface area contributed by atoms with Gasteiger partial charge >= 0.3 is 0 Å². The lowest BCUT2D eigenvalue weighted by Gasteiger charge is -2.17. The number of carbonyl (C=O) groups excluding carboxylic acids is 2. The highest BCUT2D eigenvalue weighted by atomic mass is 35.5. The number of aliphatic hydroxyl groups is 1. The molecular weight excluding hydrogens is 410 g/mol. The van der Waals surface area contributed by atoms with Gasteiger partial charge in [-0.3, -0.25) is 14.4 Å². The van der Waals surface area contributed by atoms with Crippen molar-refractivity contribution in [1.82, 2.24) is 15.2 Å². The van der Waals surface area contributed by atoms with Crippen LogP contribution in [-0.2, 0) is 17.8 Å². The number of nitrogens with one attached hydrogen (secondary N) is 2. The Kier molecular flexibility index (Phi) is 6.91. The van der Waals surface area contributed by atoms with Crippen LogP contribution < -0.4 is 16.2 Å². The van der Waals surface area contributed by atoms with Crippen molar-refractivity contribution in [3.63, 3.8) is 0 Å². The molecule has 2 aromatic rings. The first-order valence-electron chi connectivity index (χ1n) is 9.60. The molecule has 0 spiro atoms. The van der Waals surface area contributed by atoms with Gasteiger partial charge in [0.1, 0.15) is 11.3 Å². The number of nitrogens with zero attached hydrogens (tertiary/aromatic N) is 1. The standard InChI is InChI=1S/C21H24ClN3O5/c1-30-21(8-9-21)13-24-19(28)17-7-6-16(20(29)25(17)10-11-26)18(27)23-12-14-2-4-15(22)5-3-14/h2-7,26H,8-13H2,1H3,(H,23,27)(H,24,28). The Morgan fingerprint density at radius 1 is 1.13 bits per heavy atom. The molecule has 3 rings (SSSR count). The molecule has 1 saturated carbocycles. The van der Waals surface area contributed by atoms with Gasteiger partial charge in [-0.25, -0.2) is 0 Å². The molecule has 30 heavy (non-hydrogen) atoms. The molecule has 1 aliphatic carbocycles. The number of carbonyl (C=O) groups is 2. The summed E-state index contributed by atoms with van der Waals surface area (Å²) in [5, 5.41) is 15.4. The Bertz CT molecular complexity index is 983. The average Bonchev–Trinajstić information content (AvgIpc) is 3.53. The van der Waals surface area contributed by atoms with Crippen molar-refractivity contribution in [1.29, 1.82) is 0 Å². The van der Waals surface area contributed by atoms with Crippen molar-refractivity contribution in [2.45, 2.75) is 31.5 Å².